The van der Waals surface area contributed by atoms with Crippen molar-refractivity contribution in [2.45, 2.75) is 6.54 Å². The van der Waals surface area contributed by atoms with Crippen molar-refractivity contribution in [3.63, 3.8) is 0 Å². The van der Waals surface area contributed by atoms with Gasteiger partial charge in [-0.2, -0.15) is 0 Å². The number of hydrogen-bond acceptors (Lipinski definition) is 5. The minimum absolute atomic E-state index is 0.0969. The van der Waals surface area contributed by atoms with E-state index in [0.29, 0.717) is 21.7 Å². The van der Waals surface area contributed by atoms with Gasteiger partial charge in [-0.05, 0) is 18.2 Å². The Morgan fingerprint density at radius 3 is 2.77 bits per heavy atom. The van der Waals surface area contributed by atoms with Crippen molar-refractivity contribution in [3.05, 3.63) is 70.0 Å². The van der Waals surface area contributed by atoms with Gasteiger partial charge in [-0.1, -0.05) is 58.6 Å². The maximum absolute atomic E-state index is 12.3. The Labute approximate surface area is 156 Å². The molecule has 26 heavy (non-hydrogen) atoms. The third-order valence-corrected chi connectivity index (χ3v) is 5.16. The SMILES string of the molecule is O=C(Cn1sc2ccccc2c1=O)Nc1cc(-c2ccccc2Cl)no1. The Morgan fingerprint density at radius 1 is 1.19 bits per heavy atom. The lowest BCUT2D eigenvalue weighted by Crippen LogP contribution is -2.23. The molecule has 4 rings (SSSR count). The average Bonchev–Trinajstić information content (AvgIpc) is 3.21. The second-order valence-electron chi connectivity index (χ2n) is 5.53. The molecular formula is C18H12ClN3O3S. The van der Waals surface area contributed by atoms with Crippen molar-refractivity contribution in [1.29, 1.82) is 0 Å². The quantitative estimate of drug-likeness (QED) is 0.575. The summed E-state index contributed by atoms with van der Waals surface area (Å²) in [5, 5.41) is 7.67. The highest BCUT2D eigenvalue weighted by Crippen LogP contribution is 2.28. The fourth-order valence-electron chi connectivity index (χ4n) is 2.56. The lowest BCUT2D eigenvalue weighted by molar-refractivity contribution is -0.116. The molecule has 0 saturated heterocycles. The van der Waals surface area contributed by atoms with Crippen LogP contribution in [0.4, 0.5) is 5.88 Å². The predicted molar refractivity (Wildman–Crippen MR) is 102 cm³/mol. The molecule has 6 nitrogen and oxygen atoms in total. The molecule has 0 radical (unpaired) electrons. The topological polar surface area (TPSA) is 77.1 Å². The predicted octanol–water partition coefficient (Wildman–Crippen LogP) is 4.01. The van der Waals surface area contributed by atoms with Crippen LogP contribution in [-0.4, -0.2) is 15.0 Å². The first-order chi connectivity index (χ1) is 12.6. The molecule has 0 aliphatic heterocycles. The second-order valence-corrected chi connectivity index (χ2v) is 7.00. The molecule has 2 aromatic heterocycles. The Morgan fingerprint density at radius 2 is 1.96 bits per heavy atom. The molecule has 0 saturated carbocycles. The molecule has 130 valence electrons. The third kappa shape index (κ3) is 3.14. The fourth-order valence-corrected chi connectivity index (χ4v) is 3.79. The van der Waals surface area contributed by atoms with Gasteiger partial charge in [0.2, 0.25) is 11.8 Å². The summed E-state index contributed by atoms with van der Waals surface area (Å²) in [6.07, 6.45) is 0. The summed E-state index contributed by atoms with van der Waals surface area (Å²) in [7, 11) is 0. The van der Waals surface area contributed by atoms with Crippen LogP contribution in [0.3, 0.4) is 0 Å². The highest BCUT2D eigenvalue weighted by molar-refractivity contribution is 7.13. The molecule has 0 aliphatic rings. The van der Waals surface area contributed by atoms with Crippen LogP contribution in [0.25, 0.3) is 21.3 Å². The maximum Gasteiger partial charge on any atom is 0.268 e. The van der Waals surface area contributed by atoms with E-state index >= 15 is 0 Å². The van der Waals surface area contributed by atoms with Crippen molar-refractivity contribution < 1.29 is 9.32 Å². The highest BCUT2D eigenvalue weighted by atomic mass is 35.5. The Kier molecular flexibility index (Phi) is 4.32. The van der Waals surface area contributed by atoms with E-state index in [2.05, 4.69) is 10.5 Å². The molecule has 0 aliphatic carbocycles. The molecular weight excluding hydrogens is 374 g/mol. The number of carbonyl (C=O) groups is 1. The molecule has 2 aromatic carbocycles. The number of fused-ring (bicyclic) bond motifs is 1. The normalized spacial score (nSPS) is 11.0. The summed E-state index contributed by atoms with van der Waals surface area (Å²) in [6.45, 7) is -0.0969. The molecule has 0 unspecified atom stereocenters. The molecule has 4 aromatic rings. The summed E-state index contributed by atoms with van der Waals surface area (Å²) in [5.74, 6) is -0.181. The van der Waals surface area contributed by atoms with Crippen molar-refractivity contribution in [1.82, 2.24) is 9.11 Å². The van der Waals surface area contributed by atoms with Gasteiger partial charge in [0.15, 0.2) is 0 Å². The van der Waals surface area contributed by atoms with Gasteiger partial charge in [0.25, 0.3) is 5.56 Å². The van der Waals surface area contributed by atoms with Crippen molar-refractivity contribution in [2.24, 2.45) is 0 Å². The molecule has 0 atom stereocenters. The highest BCUT2D eigenvalue weighted by Gasteiger charge is 2.14. The largest absolute Gasteiger partial charge is 0.338 e. The summed E-state index contributed by atoms with van der Waals surface area (Å²) < 4.78 is 7.39. The van der Waals surface area contributed by atoms with Gasteiger partial charge < -0.3 is 4.52 Å². The minimum atomic E-state index is -0.375. The number of nitrogens with zero attached hydrogens (tertiary/aromatic N) is 2. The van der Waals surface area contributed by atoms with Crippen LogP contribution in [0.5, 0.6) is 0 Å². The second kappa shape index (κ2) is 6.78. The van der Waals surface area contributed by atoms with Crippen LogP contribution in [0.2, 0.25) is 5.02 Å². The third-order valence-electron chi connectivity index (χ3n) is 3.76. The van der Waals surface area contributed by atoms with Crippen LogP contribution in [0, 0.1) is 0 Å². The van der Waals surface area contributed by atoms with E-state index in [-0.39, 0.29) is 23.9 Å². The van der Waals surface area contributed by atoms with E-state index in [1.807, 2.05) is 30.3 Å². The van der Waals surface area contributed by atoms with Gasteiger partial charge in [0, 0.05) is 11.6 Å². The van der Waals surface area contributed by atoms with Crippen LogP contribution in [0.1, 0.15) is 0 Å². The smallest absolute Gasteiger partial charge is 0.268 e. The monoisotopic (exact) mass is 385 g/mol. The number of benzene rings is 2. The zero-order valence-corrected chi connectivity index (χ0v) is 14.9. The summed E-state index contributed by atoms with van der Waals surface area (Å²) in [4.78, 5) is 24.5. The number of rotatable bonds is 4. The maximum atomic E-state index is 12.3. The van der Waals surface area contributed by atoms with E-state index in [1.54, 1.807) is 24.3 Å². The van der Waals surface area contributed by atoms with Gasteiger partial charge in [-0.15, -0.1) is 0 Å². The summed E-state index contributed by atoms with van der Waals surface area (Å²) in [5.41, 5.74) is 1.04. The zero-order valence-electron chi connectivity index (χ0n) is 13.3. The number of nitrogens with one attached hydrogen (secondary N) is 1. The van der Waals surface area contributed by atoms with Crippen LogP contribution < -0.4 is 10.9 Å². The molecule has 0 spiro atoms. The van der Waals surface area contributed by atoms with E-state index in [4.69, 9.17) is 16.1 Å². The Balaban J connectivity index is 1.51. The summed E-state index contributed by atoms with van der Waals surface area (Å²) in [6, 6.07) is 16.0. The van der Waals surface area contributed by atoms with E-state index in [1.165, 1.54) is 15.5 Å². The Bertz CT molecular complexity index is 1160. The van der Waals surface area contributed by atoms with Crippen LogP contribution in [0.15, 0.2) is 63.9 Å². The summed E-state index contributed by atoms with van der Waals surface area (Å²) >= 11 is 7.38. The first-order valence-electron chi connectivity index (χ1n) is 7.72. The average molecular weight is 386 g/mol. The Hall–Kier alpha value is -2.90. The molecule has 0 fully saturated rings. The molecule has 8 heteroatoms. The van der Waals surface area contributed by atoms with Crippen molar-refractivity contribution in [2.75, 3.05) is 5.32 Å². The van der Waals surface area contributed by atoms with Gasteiger partial charge in [0.1, 0.15) is 12.2 Å². The fraction of sp³-hybridized carbons (Fsp3) is 0.0556. The van der Waals surface area contributed by atoms with Crippen molar-refractivity contribution in [3.8, 4) is 11.3 Å². The minimum Gasteiger partial charge on any atom is -0.338 e. The zero-order chi connectivity index (χ0) is 18.1. The molecule has 0 bridgehead atoms. The molecule has 1 N–H and O–H groups in total. The van der Waals surface area contributed by atoms with E-state index in [9.17, 15) is 9.59 Å². The lowest BCUT2D eigenvalue weighted by atomic mass is 10.1. The van der Waals surface area contributed by atoms with Crippen molar-refractivity contribution >= 4 is 45.0 Å². The van der Waals surface area contributed by atoms with E-state index < -0.39 is 0 Å². The number of hydrogen-bond donors (Lipinski definition) is 1. The number of aromatic nitrogens is 2. The lowest BCUT2D eigenvalue weighted by Gasteiger charge is -2.00. The van der Waals surface area contributed by atoms with E-state index in [0.717, 1.165) is 4.70 Å². The first-order valence-corrected chi connectivity index (χ1v) is 8.87. The number of amides is 1. The van der Waals surface area contributed by atoms with Crippen LogP contribution >= 0.6 is 23.1 Å². The van der Waals surface area contributed by atoms with Gasteiger partial charge in [0.05, 0.1) is 15.1 Å². The van der Waals surface area contributed by atoms with Gasteiger partial charge in [-0.25, -0.2) is 0 Å². The number of anilines is 1. The van der Waals surface area contributed by atoms with Gasteiger partial charge >= 0.3 is 0 Å². The number of carbonyl (C=O) groups excluding carboxylic acids is 1. The molecule has 1 amide bonds. The number of halogens is 1. The van der Waals surface area contributed by atoms with Crippen LogP contribution in [-0.2, 0) is 11.3 Å². The first kappa shape index (κ1) is 16.6. The van der Waals surface area contributed by atoms with Gasteiger partial charge in [-0.3, -0.25) is 18.9 Å². The standard InChI is InChI=1S/C18H12ClN3O3S/c19-13-7-3-1-5-11(13)14-9-17(25-21-14)20-16(23)10-22-18(24)12-6-2-4-8-15(12)26-22/h1-9H,10H2,(H,20,23). The molecule has 2 heterocycles.